The van der Waals surface area contributed by atoms with Crippen LogP contribution in [0.5, 0.6) is 0 Å². The summed E-state index contributed by atoms with van der Waals surface area (Å²) in [6.07, 6.45) is 0.423. The highest BCUT2D eigenvalue weighted by atomic mass is 16.4. The Morgan fingerprint density at radius 1 is 1.31 bits per heavy atom. The molecule has 0 amide bonds. The van der Waals surface area contributed by atoms with Gasteiger partial charge in [0.1, 0.15) is 0 Å². The van der Waals surface area contributed by atoms with Gasteiger partial charge in [0.25, 0.3) is 0 Å². The van der Waals surface area contributed by atoms with Gasteiger partial charge in [0.2, 0.25) is 0 Å². The van der Waals surface area contributed by atoms with Crippen LogP contribution in [0.4, 0.5) is 0 Å². The highest BCUT2D eigenvalue weighted by molar-refractivity contribution is 5.85. The molecule has 5 heteroatoms. The number of hydrogen-bond donors (Lipinski definition) is 1. The Balaban J connectivity index is 2.92. The summed E-state index contributed by atoms with van der Waals surface area (Å²) in [5, 5.41) is 0.163. The van der Waals surface area contributed by atoms with Crippen molar-refractivity contribution in [1.82, 2.24) is 4.98 Å². The van der Waals surface area contributed by atoms with Crippen molar-refractivity contribution in [3.63, 3.8) is 0 Å². The molecule has 2 aromatic rings. The van der Waals surface area contributed by atoms with Crippen LogP contribution in [0.2, 0.25) is 0 Å². The largest absolute Gasteiger partial charge is 0.419 e. The summed E-state index contributed by atoms with van der Waals surface area (Å²) in [6.45, 7) is 0. The molecular weight excluding hydrogens is 210 g/mol. The molecule has 0 saturated carbocycles. The van der Waals surface area contributed by atoms with Crippen LogP contribution in [-0.2, 0) is 4.79 Å². The van der Waals surface area contributed by atoms with E-state index in [1.54, 1.807) is 18.2 Å². The number of aromatic amines is 1. The second kappa shape index (κ2) is 3.87. The SMILES string of the molecule is O=CC#Cc1cccc2[nH]c(=O)oc(=O)c12. The monoisotopic (exact) mass is 215 g/mol. The van der Waals surface area contributed by atoms with E-state index in [0.717, 1.165) is 0 Å². The number of aromatic nitrogens is 1. The predicted octanol–water partition coefficient (Wildman–Crippen LogP) is 0.0317. The topological polar surface area (TPSA) is 80.1 Å². The molecule has 0 aliphatic heterocycles. The van der Waals surface area contributed by atoms with E-state index in [9.17, 15) is 14.4 Å². The van der Waals surface area contributed by atoms with Gasteiger partial charge in [-0.25, -0.2) is 9.59 Å². The molecule has 0 saturated heterocycles. The number of fused-ring (bicyclic) bond motifs is 1. The number of aldehydes is 1. The van der Waals surface area contributed by atoms with E-state index >= 15 is 0 Å². The minimum absolute atomic E-state index is 0.163. The first-order valence-corrected chi connectivity index (χ1v) is 4.33. The Bertz CT molecular complexity index is 727. The van der Waals surface area contributed by atoms with Crippen molar-refractivity contribution in [1.29, 1.82) is 0 Å². The maximum Gasteiger partial charge on any atom is 0.419 e. The molecule has 0 unspecified atom stereocenters. The zero-order valence-corrected chi connectivity index (χ0v) is 7.94. The number of nitrogens with one attached hydrogen (secondary N) is 1. The summed E-state index contributed by atoms with van der Waals surface area (Å²) in [7, 11) is 0. The molecule has 2 rings (SSSR count). The molecule has 5 nitrogen and oxygen atoms in total. The quantitative estimate of drug-likeness (QED) is 0.496. The molecule has 1 aromatic heterocycles. The van der Waals surface area contributed by atoms with E-state index in [0.29, 0.717) is 17.4 Å². The zero-order valence-electron chi connectivity index (χ0n) is 7.94. The Kier molecular flexibility index (Phi) is 2.40. The maximum absolute atomic E-state index is 11.4. The standard InChI is InChI=1S/C11H5NO4/c13-6-2-4-7-3-1-5-8-9(7)10(14)16-11(15)12-8/h1,3,5-6H,(H,12,15). The highest BCUT2D eigenvalue weighted by Gasteiger charge is 2.05. The molecule has 0 radical (unpaired) electrons. The van der Waals surface area contributed by atoms with Crippen molar-refractivity contribution in [2.24, 2.45) is 0 Å². The lowest BCUT2D eigenvalue weighted by atomic mass is 10.1. The molecule has 0 fully saturated rings. The average molecular weight is 215 g/mol. The fraction of sp³-hybridized carbons (Fsp3) is 0. The number of hydrogen-bond acceptors (Lipinski definition) is 4. The first-order valence-electron chi connectivity index (χ1n) is 4.33. The molecule has 0 spiro atoms. The van der Waals surface area contributed by atoms with Gasteiger partial charge in [-0.1, -0.05) is 12.0 Å². The Hall–Kier alpha value is -2.61. The van der Waals surface area contributed by atoms with Gasteiger partial charge in [-0.2, -0.15) is 0 Å². The van der Waals surface area contributed by atoms with Crippen LogP contribution in [0, 0.1) is 11.8 Å². The van der Waals surface area contributed by atoms with Crippen molar-refractivity contribution in [2.45, 2.75) is 0 Å². The normalized spacial score (nSPS) is 9.50. The van der Waals surface area contributed by atoms with Crippen LogP contribution < -0.4 is 11.4 Å². The minimum Gasteiger partial charge on any atom is -0.372 e. The van der Waals surface area contributed by atoms with E-state index in [4.69, 9.17) is 0 Å². The van der Waals surface area contributed by atoms with E-state index in [2.05, 4.69) is 21.2 Å². The molecule has 0 bridgehead atoms. The van der Waals surface area contributed by atoms with Crippen LogP contribution in [0.25, 0.3) is 10.9 Å². The van der Waals surface area contributed by atoms with Gasteiger partial charge >= 0.3 is 11.4 Å². The van der Waals surface area contributed by atoms with Gasteiger partial charge in [-0.05, 0) is 18.1 Å². The molecule has 0 atom stereocenters. The van der Waals surface area contributed by atoms with Crippen molar-refractivity contribution in [2.75, 3.05) is 0 Å². The molecular formula is C11H5NO4. The Morgan fingerprint density at radius 2 is 2.12 bits per heavy atom. The lowest BCUT2D eigenvalue weighted by molar-refractivity contribution is -0.103. The maximum atomic E-state index is 11.4. The number of H-pyrrole nitrogens is 1. The molecule has 78 valence electrons. The third-order valence-electron chi connectivity index (χ3n) is 1.96. The second-order valence-corrected chi connectivity index (χ2v) is 2.92. The fourth-order valence-electron chi connectivity index (χ4n) is 1.36. The molecule has 0 aliphatic rings. The Morgan fingerprint density at radius 3 is 2.88 bits per heavy atom. The first kappa shape index (κ1) is 9.93. The van der Waals surface area contributed by atoms with E-state index < -0.39 is 11.4 Å². The molecule has 1 heterocycles. The van der Waals surface area contributed by atoms with Gasteiger partial charge in [0.15, 0.2) is 6.29 Å². The van der Waals surface area contributed by atoms with E-state index in [-0.39, 0.29) is 5.39 Å². The van der Waals surface area contributed by atoms with Gasteiger partial charge in [-0.3, -0.25) is 9.78 Å². The minimum atomic E-state index is -0.821. The second-order valence-electron chi connectivity index (χ2n) is 2.92. The molecule has 0 aliphatic carbocycles. The van der Waals surface area contributed by atoms with E-state index in [1.165, 1.54) is 0 Å². The molecule has 16 heavy (non-hydrogen) atoms. The number of rotatable bonds is 0. The molecule has 1 N–H and O–H groups in total. The third kappa shape index (κ3) is 1.64. The fourth-order valence-corrected chi connectivity index (χ4v) is 1.36. The van der Waals surface area contributed by atoms with Crippen molar-refractivity contribution in [3.05, 3.63) is 44.7 Å². The Labute approximate surface area is 88.7 Å². The predicted molar refractivity (Wildman–Crippen MR) is 56.0 cm³/mol. The van der Waals surface area contributed by atoms with Gasteiger partial charge in [0, 0.05) is 5.56 Å². The highest BCUT2D eigenvalue weighted by Crippen LogP contribution is 2.10. The van der Waals surface area contributed by atoms with Gasteiger partial charge < -0.3 is 4.42 Å². The van der Waals surface area contributed by atoms with Crippen LogP contribution in [0.15, 0.2) is 32.2 Å². The van der Waals surface area contributed by atoms with Crippen molar-refractivity contribution < 1.29 is 9.21 Å². The zero-order chi connectivity index (χ0) is 11.5. The van der Waals surface area contributed by atoms with Crippen molar-refractivity contribution >= 4 is 17.2 Å². The summed E-state index contributed by atoms with van der Waals surface area (Å²) in [5.74, 6) is 3.87. The lowest BCUT2D eigenvalue weighted by Crippen LogP contribution is -2.15. The third-order valence-corrected chi connectivity index (χ3v) is 1.96. The number of carbonyl (C=O) groups is 1. The van der Waals surface area contributed by atoms with Gasteiger partial charge in [-0.15, -0.1) is 0 Å². The van der Waals surface area contributed by atoms with Crippen LogP contribution in [0.3, 0.4) is 0 Å². The summed E-state index contributed by atoms with van der Waals surface area (Å²) in [4.78, 5) is 34.8. The summed E-state index contributed by atoms with van der Waals surface area (Å²) in [6, 6.07) is 4.74. The van der Waals surface area contributed by atoms with Crippen LogP contribution in [-0.4, -0.2) is 11.3 Å². The lowest BCUT2D eigenvalue weighted by Gasteiger charge is -1.96. The van der Waals surface area contributed by atoms with E-state index in [1.807, 2.05) is 0 Å². The van der Waals surface area contributed by atoms with Crippen LogP contribution in [0.1, 0.15) is 5.56 Å². The van der Waals surface area contributed by atoms with Crippen LogP contribution >= 0.6 is 0 Å². The smallest absolute Gasteiger partial charge is 0.372 e. The number of benzene rings is 1. The summed E-state index contributed by atoms with van der Waals surface area (Å²) < 4.78 is 4.39. The molecule has 1 aromatic carbocycles. The summed E-state index contributed by atoms with van der Waals surface area (Å²) >= 11 is 0. The number of carbonyl (C=O) groups excluding carboxylic acids is 1. The average Bonchev–Trinajstić information content (AvgIpc) is 2.25. The van der Waals surface area contributed by atoms with Crippen molar-refractivity contribution in [3.8, 4) is 11.8 Å². The first-order chi connectivity index (χ1) is 7.72. The summed E-state index contributed by atoms with van der Waals surface area (Å²) in [5.41, 5.74) is -0.0944. The van der Waals surface area contributed by atoms with Gasteiger partial charge in [0.05, 0.1) is 10.9 Å².